The molecule has 0 radical (unpaired) electrons. The Morgan fingerprint density at radius 2 is 0.879 bits per heavy atom. The molecule has 270 valence electrons. The molecule has 0 saturated carbocycles. The third kappa shape index (κ3) is 5.25. The Kier molecular flexibility index (Phi) is 8.11. The predicted octanol–water partition coefficient (Wildman–Crippen LogP) is 12.0. The van der Waals surface area contributed by atoms with Gasteiger partial charge in [-0.15, -0.1) is 0 Å². The fourth-order valence-corrected chi connectivity index (χ4v) is 8.48. The maximum atomic E-state index is 15.3. The van der Waals surface area contributed by atoms with E-state index in [4.69, 9.17) is 0 Å². The number of anilines is 1. The largest absolute Gasteiger partial charge is 0.307 e. The zero-order valence-electron chi connectivity index (χ0n) is 30.9. The van der Waals surface area contributed by atoms with Gasteiger partial charge in [-0.3, -0.25) is 9.59 Å². The zero-order valence-corrected chi connectivity index (χ0v) is 30.9. The predicted molar refractivity (Wildman–Crippen MR) is 230 cm³/mol. The maximum absolute atomic E-state index is 15.3. The lowest BCUT2D eigenvalue weighted by Gasteiger charge is -2.20. The maximum Gasteiger partial charge on any atom is 0.268 e. The number of rotatable bonds is 6. The van der Waals surface area contributed by atoms with Gasteiger partial charge in [-0.05, 0) is 53.1 Å². The standard InChI is InChI=1S/C52H30N4O2/c53-31-36-18-7-9-20-38(36)40-22-11-24-42-43-25-12-23-41(39-21-10-8-19-37(39)32-54)50(43)55(49(40)42)47-27-13-26-44-48(47)52(58)56(51(44)57)46-29-28-35(33-14-3-1-4-15-33)30-45(46)34-16-5-2-6-17-34/h1-30H. The number of nitriles is 2. The van der Waals surface area contributed by atoms with Crippen LogP contribution in [0.4, 0.5) is 5.69 Å². The van der Waals surface area contributed by atoms with E-state index in [-0.39, 0.29) is 11.1 Å². The average Bonchev–Trinajstić information content (AvgIpc) is 3.77. The first kappa shape index (κ1) is 34.2. The summed E-state index contributed by atoms with van der Waals surface area (Å²) < 4.78 is 2.06. The third-order valence-corrected chi connectivity index (χ3v) is 11.0. The fourth-order valence-electron chi connectivity index (χ4n) is 8.48. The molecule has 0 unspecified atom stereocenters. The first-order valence-corrected chi connectivity index (χ1v) is 18.9. The summed E-state index contributed by atoms with van der Waals surface area (Å²) in [5.74, 6) is -0.864. The van der Waals surface area contributed by atoms with Crippen LogP contribution in [0.25, 0.3) is 72.0 Å². The van der Waals surface area contributed by atoms with Crippen LogP contribution in [0, 0.1) is 22.7 Å². The van der Waals surface area contributed by atoms with Gasteiger partial charge >= 0.3 is 0 Å². The van der Waals surface area contributed by atoms with Gasteiger partial charge in [-0.1, -0.05) is 146 Å². The van der Waals surface area contributed by atoms with Crippen molar-refractivity contribution in [3.63, 3.8) is 0 Å². The van der Waals surface area contributed by atoms with Crippen molar-refractivity contribution in [2.24, 2.45) is 0 Å². The summed E-state index contributed by atoms with van der Waals surface area (Å²) in [5, 5.41) is 22.3. The summed E-state index contributed by atoms with van der Waals surface area (Å²) >= 11 is 0. The summed E-state index contributed by atoms with van der Waals surface area (Å²) in [6.45, 7) is 0. The molecule has 58 heavy (non-hydrogen) atoms. The lowest BCUT2D eigenvalue weighted by molar-refractivity contribution is 0.0926. The van der Waals surface area contributed by atoms with Crippen LogP contribution in [-0.2, 0) is 0 Å². The summed E-state index contributed by atoms with van der Waals surface area (Å²) in [7, 11) is 0. The van der Waals surface area contributed by atoms with Gasteiger partial charge in [-0.2, -0.15) is 10.5 Å². The molecule has 0 N–H and O–H groups in total. The monoisotopic (exact) mass is 742 g/mol. The summed E-state index contributed by atoms with van der Waals surface area (Å²) in [6.07, 6.45) is 0. The van der Waals surface area contributed by atoms with Crippen molar-refractivity contribution in [1.29, 1.82) is 10.5 Å². The molecule has 2 amide bonds. The molecule has 0 spiro atoms. The van der Waals surface area contributed by atoms with Crippen molar-refractivity contribution in [3.8, 4) is 62.3 Å². The SMILES string of the molecule is N#Cc1ccccc1-c1cccc2c3cccc(-c4ccccc4C#N)c3n(-c3cccc4c3C(=O)N(c3ccc(-c5ccccc5)cc3-c3ccccc3)C4=O)c12. The van der Waals surface area contributed by atoms with E-state index in [9.17, 15) is 15.3 Å². The number of aromatic nitrogens is 1. The number of carbonyl (C=O) groups excluding carboxylic acids is 2. The van der Waals surface area contributed by atoms with Crippen LogP contribution in [0.2, 0.25) is 0 Å². The van der Waals surface area contributed by atoms with Gasteiger partial charge in [-0.25, -0.2) is 4.90 Å². The summed E-state index contributed by atoms with van der Waals surface area (Å²) in [6, 6.07) is 62.7. The molecule has 6 heteroatoms. The van der Waals surface area contributed by atoms with Crippen LogP contribution in [0.3, 0.4) is 0 Å². The van der Waals surface area contributed by atoms with Crippen molar-refractivity contribution in [3.05, 3.63) is 204 Å². The third-order valence-electron chi connectivity index (χ3n) is 11.0. The minimum atomic E-state index is -0.444. The minimum Gasteiger partial charge on any atom is -0.307 e. The number of benzene rings is 8. The van der Waals surface area contributed by atoms with Crippen LogP contribution in [0.5, 0.6) is 0 Å². The van der Waals surface area contributed by atoms with E-state index in [0.717, 1.165) is 66.3 Å². The van der Waals surface area contributed by atoms with E-state index in [0.29, 0.717) is 22.5 Å². The van der Waals surface area contributed by atoms with Gasteiger partial charge in [0.05, 0.1) is 56.8 Å². The molecule has 0 bridgehead atoms. The number of para-hydroxylation sites is 2. The van der Waals surface area contributed by atoms with E-state index in [2.05, 4.69) is 16.7 Å². The molecule has 0 saturated heterocycles. The number of fused-ring (bicyclic) bond motifs is 4. The fraction of sp³-hybridized carbons (Fsp3) is 0. The molecule has 9 aromatic rings. The van der Waals surface area contributed by atoms with Gasteiger partial charge in [0.15, 0.2) is 0 Å². The highest BCUT2D eigenvalue weighted by atomic mass is 16.2. The van der Waals surface area contributed by atoms with Crippen LogP contribution in [-0.4, -0.2) is 16.4 Å². The van der Waals surface area contributed by atoms with Crippen molar-refractivity contribution >= 4 is 39.3 Å². The lowest BCUT2D eigenvalue weighted by atomic mass is 9.96. The Labute approximate surface area is 334 Å². The highest BCUT2D eigenvalue weighted by Gasteiger charge is 2.41. The van der Waals surface area contributed by atoms with E-state index < -0.39 is 11.8 Å². The molecular weight excluding hydrogens is 713 g/mol. The molecule has 0 aliphatic carbocycles. The molecule has 8 aromatic carbocycles. The minimum absolute atomic E-state index is 0.268. The Bertz CT molecular complexity index is 3130. The number of imide groups is 1. The molecule has 0 fully saturated rings. The van der Waals surface area contributed by atoms with Gasteiger partial charge in [0.25, 0.3) is 11.8 Å². The number of hydrogen-bond donors (Lipinski definition) is 0. The van der Waals surface area contributed by atoms with Crippen LogP contribution in [0.15, 0.2) is 182 Å². The van der Waals surface area contributed by atoms with Crippen molar-refractivity contribution in [2.75, 3.05) is 4.90 Å². The quantitative estimate of drug-likeness (QED) is 0.159. The molecule has 10 rings (SSSR count). The zero-order chi connectivity index (χ0) is 39.3. The Balaban J connectivity index is 1.27. The summed E-state index contributed by atoms with van der Waals surface area (Å²) in [5.41, 5.74) is 10.8. The van der Waals surface area contributed by atoms with Gasteiger partial charge in [0.1, 0.15) is 0 Å². The molecule has 2 heterocycles. The van der Waals surface area contributed by atoms with Crippen LogP contribution >= 0.6 is 0 Å². The molecular formula is C52H30N4O2. The van der Waals surface area contributed by atoms with Gasteiger partial charge in [0, 0.05) is 38.6 Å². The van der Waals surface area contributed by atoms with Crippen molar-refractivity contribution in [2.45, 2.75) is 0 Å². The molecule has 6 nitrogen and oxygen atoms in total. The van der Waals surface area contributed by atoms with Gasteiger partial charge in [0.2, 0.25) is 0 Å². The first-order valence-electron chi connectivity index (χ1n) is 18.9. The Morgan fingerprint density at radius 1 is 0.379 bits per heavy atom. The van der Waals surface area contributed by atoms with E-state index in [1.165, 1.54) is 4.90 Å². The molecule has 1 aliphatic rings. The number of hydrogen-bond acceptors (Lipinski definition) is 4. The van der Waals surface area contributed by atoms with Crippen LogP contribution in [0.1, 0.15) is 31.8 Å². The highest BCUT2D eigenvalue weighted by Crippen LogP contribution is 2.46. The molecule has 0 atom stereocenters. The Hall–Kier alpha value is -8.32. The molecule has 1 aromatic heterocycles. The van der Waals surface area contributed by atoms with E-state index in [1.807, 2.05) is 164 Å². The second-order valence-corrected chi connectivity index (χ2v) is 14.2. The lowest BCUT2D eigenvalue weighted by Crippen LogP contribution is -2.30. The highest BCUT2D eigenvalue weighted by molar-refractivity contribution is 6.36. The van der Waals surface area contributed by atoms with Crippen LogP contribution < -0.4 is 4.90 Å². The normalized spacial score (nSPS) is 12.1. The Morgan fingerprint density at radius 3 is 1.47 bits per heavy atom. The number of carbonyl (C=O) groups is 2. The average molecular weight is 743 g/mol. The molecule has 1 aliphatic heterocycles. The summed E-state index contributed by atoms with van der Waals surface area (Å²) in [4.78, 5) is 31.3. The van der Waals surface area contributed by atoms with E-state index in [1.54, 1.807) is 18.2 Å². The van der Waals surface area contributed by atoms with Crippen molar-refractivity contribution < 1.29 is 9.59 Å². The van der Waals surface area contributed by atoms with Crippen molar-refractivity contribution in [1.82, 2.24) is 4.57 Å². The first-order chi connectivity index (χ1) is 28.6. The van der Waals surface area contributed by atoms with Gasteiger partial charge < -0.3 is 4.57 Å². The van der Waals surface area contributed by atoms with E-state index >= 15 is 4.79 Å². The second-order valence-electron chi connectivity index (χ2n) is 14.2. The number of nitrogens with zero attached hydrogens (tertiary/aromatic N) is 4. The smallest absolute Gasteiger partial charge is 0.268 e. The number of amides is 2. The topological polar surface area (TPSA) is 89.9 Å². The second kappa shape index (κ2) is 13.8.